The van der Waals surface area contributed by atoms with Crippen molar-refractivity contribution in [3.8, 4) is 6.07 Å². The number of benzene rings is 1. The molecule has 3 fully saturated rings. The average Bonchev–Trinajstić information content (AvgIpc) is 2.95. The molecule has 3 saturated carbocycles. The number of hydrogen-bond acceptors (Lipinski definition) is 5. The zero-order chi connectivity index (χ0) is 30.1. The third-order valence-electron chi connectivity index (χ3n) is 12.3. The molecule has 0 aromatic heterocycles. The van der Waals surface area contributed by atoms with Crippen molar-refractivity contribution < 1.29 is 19.1 Å². The van der Waals surface area contributed by atoms with Crippen LogP contribution in [-0.4, -0.2) is 23.2 Å². The van der Waals surface area contributed by atoms with Gasteiger partial charge in [-0.3, -0.25) is 9.59 Å². The van der Waals surface area contributed by atoms with Gasteiger partial charge in [-0.1, -0.05) is 76.6 Å². The van der Waals surface area contributed by atoms with Crippen molar-refractivity contribution in [1.29, 1.82) is 5.26 Å². The summed E-state index contributed by atoms with van der Waals surface area (Å²) in [5.41, 5.74) is 1.19. The smallest absolute Gasteiger partial charge is 0.407 e. The molecule has 0 saturated heterocycles. The molecule has 5 aliphatic rings. The summed E-state index contributed by atoms with van der Waals surface area (Å²) in [7, 11) is 0. The maximum Gasteiger partial charge on any atom is 0.407 e. The number of allylic oxidation sites excluding steroid dienone is 4. The van der Waals surface area contributed by atoms with Gasteiger partial charge in [-0.05, 0) is 85.2 Å². The number of nitrogens with one attached hydrogen (secondary N) is 1. The van der Waals surface area contributed by atoms with Crippen LogP contribution in [0, 0.1) is 57.2 Å². The number of ketones is 2. The molecule has 222 valence electrons. The van der Waals surface area contributed by atoms with Crippen LogP contribution >= 0.6 is 0 Å². The molecule has 8 unspecified atom stereocenters. The number of fused-ring (bicyclic) bond motifs is 7. The summed E-state index contributed by atoms with van der Waals surface area (Å²) in [6.07, 6.45) is 9.58. The van der Waals surface area contributed by atoms with Crippen molar-refractivity contribution in [3.63, 3.8) is 0 Å². The topological polar surface area (TPSA) is 96.3 Å². The highest BCUT2D eigenvalue weighted by atomic mass is 16.5. The van der Waals surface area contributed by atoms with Gasteiger partial charge >= 0.3 is 6.09 Å². The summed E-state index contributed by atoms with van der Waals surface area (Å²) in [4.78, 5) is 40.6. The summed E-state index contributed by atoms with van der Waals surface area (Å²) >= 11 is 0. The molecule has 1 aromatic rings. The Balaban J connectivity index is 1.35. The Labute approximate surface area is 250 Å². The predicted molar refractivity (Wildman–Crippen MR) is 160 cm³/mol. The molecule has 6 heteroatoms. The van der Waals surface area contributed by atoms with Gasteiger partial charge in [0.15, 0.2) is 11.6 Å². The summed E-state index contributed by atoms with van der Waals surface area (Å²) in [5, 5.41) is 13.1. The monoisotopic (exact) mass is 568 g/mol. The molecule has 0 aliphatic heterocycles. The molecule has 5 aliphatic carbocycles. The molecule has 1 amide bonds. The minimum Gasteiger partial charge on any atom is -0.445 e. The van der Waals surface area contributed by atoms with Gasteiger partial charge in [-0.2, -0.15) is 5.26 Å². The van der Waals surface area contributed by atoms with Crippen molar-refractivity contribution in [2.45, 2.75) is 91.7 Å². The van der Waals surface area contributed by atoms with Gasteiger partial charge in [0.1, 0.15) is 12.7 Å². The maximum absolute atomic E-state index is 14.4. The van der Waals surface area contributed by atoms with E-state index in [9.17, 15) is 19.6 Å². The van der Waals surface area contributed by atoms with Gasteiger partial charge in [0, 0.05) is 22.8 Å². The van der Waals surface area contributed by atoms with Crippen molar-refractivity contribution in [2.24, 2.45) is 45.8 Å². The van der Waals surface area contributed by atoms with E-state index in [-0.39, 0.29) is 64.2 Å². The number of Topliss-reactive ketones (excluding diaryl/α,β-unsaturated/α-hetero) is 1. The highest BCUT2D eigenvalue weighted by Crippen LogP contribution is 2.68. The van der Waals surface area contributed by atoms with E-state index in [4.69, 9.17) is 4.74 Å². The minimum atomic E-state index is -0.494. The second-order valence-electron chi connectivity index (χ2n) is 15.1. The van der Waals surface area contributed by atoms with Crippen LogP contribution in [0.2, 0.25) is 0 Å². The molecule has 0 heterocycles. The van der Waals surface area contributed by atoms with Crippen LogP contribution < -0.4 is 5.32 Å². The number of alkyl carbamates (subject to hydrolysis) is 1. The summed E-state index contributed by atoms with van der Waals surface area (Å²) in [5.74, 6) is -0.0693. The van der Waals surface area contributed by atoms with Crippen molar-refractivity contribution in [3.05, 3.63) is 59.2 Å². The third-order valence-corrected chi connectivity index (χ3v) is 12.3. The number of amides is 1. The highest BCUT2D eigenvalue weighted by molar-refractivity contribution is 6.02. The fraction of sp³-hybridized carbons (Fsp3) is 0.611. The van der Waals surface area contributed by atoms with Gasteiger partial charge in [0.2, 0.25) is 0 Å². The van der Waals surface area contributed by atoms with Crippen LogP contribution in [-0.2, 0) is 20.9 Å². The Kier molecular flexibility index (Phi) is 6.83. The second-order valence-corrected chi connectivity index (χ2v) is 15.1. The van der Waals surface area contributed by atoms with Gasteiger partial charge in [0.05, 0.1) is 5.57 Å². The zero-order valence-corrected chi connectivity index (χ0v) is 25.7. The SMILES string of the molecule is CC1C(=O)C(C#N)=CC2(C)C3=CC(=O)C4C5CC(C)(C)CCC5(NC(=O)OCc5ccccc5)CCC4C3(C)CCC12. The Hall–Kier alpha value is -3.20. The first-order valence-corrected chi connectivity index (χ1v) is 15.8. The van der Waals surface area contributed by atoms with Crippen LogP contribution in [0.5, 0.6) is 0 Å². The van der Waals surface area contributed by atoms with E-state index in [0.29, 0.717) is 0 Å². The quantitative estimate of drug-likeness (QED) is 0.419. The number of hydrogen-bond donors (Lipinski definition) is 1. The van der Waals surface area contributed by atoms with Gasteiger partial charge < -0.3 is 10.1 Å². The predicted octanol–water partition coefficient (Wildman–Crippen LogP) is 7.10. The van der Waals surface area contributed by atoms with E-state index in [1.165, 1.54) is 0 Å². The lowest BCUT2D eigenvalue weighted by Gasteiger charge is -2.64. The van der Waals surface area contributed by atoms with Gasteiger partial charge in [-0.25, -0.2) is 4.79 Å². The molecule has 42 heavy (non-hydrogen) atoms. The first-order chi connectivity index (χ1) is 19.8. The van der Waals surface area contributed by atoms with Crippen molar-refractivity contribution >= 4 is 17.7 Å². The normalized spacial score (nSPS) is 40.1. The van der Waals surface area contributed by atoms with E-state index in [0.717, 1.165) is 56.1 Å². The van der Waals surface area contributed by atoms with Gasteiger partial charge in [0.25, 0.3) is 0 Å². The van der Waals surface area contributed by atoms with E-state index in [2.05, 4.69) is 39.1 Å². The molecule has 0 spiro atoms. The number of carbonyl (C=O) groups excluding carboxylic acids is 3. The van der Waals surface area contributed by atoms with Crippen LogP contribution in [0.1, 0.15) is 85.1 Å². The fourth-order valence-corrected chi connectivity index (χ4v) is 10.1. The fourth-order valence-electron chi connectivity index (χ4n) is 10.1. The second kappa shape index (κ2) is 9.93. The standard InChI is InChI=1S/C36H44N2O4/c1-22-25-11-13-34(4)26-12-14-36(38-32(41)42-21-23-9-7-6-8-10-23)16-15-33(2,3)19-27(36)30(26)28(39)17-29(34)35(25,5)18-24(20-37)31(22)40/h6-10,17-18,22,25-27,30H,11-16,19,21H2,1-5H3,(H,38,41). The molecule has 0 radical (unpaired) electrons. The molecule has 1 N–H and O–H groups in total. The van der Waals surface area contributed by atoms with E-state index in [1.54, 1.807) is 0 Å². The molecular formula is C36H44N2O4. The molecular weight excluding hydrogens is 524 g/mol. The third kappa shape index (κ3) is 4.38. The first-order valence-electron chi connectivity index (χ1n) is 15.8. The average molecular weight is 569 g/mol. The van der Waals surface area contributed by atoms with E-state index >= 15 is 0 Å². The Morgan fingerprint density at radius 3 is 2.43 bits per heavy atom. The van der Waals surface area contributed by atoms with Crippen LogP contribution in [0.25, 0.3) is 0 Å². The molecule has 8 atom stereocenters. The number of rotatable bonds is 3. The Morgan fingerprint density at radius 1 is 1.00 bits per heavy atom. The number of carbonyl (C=O) groups is 3. The Morgan fingerprint density at radius 2 is 1.71 bits per heavy atom. The van der Waals surface area contributed by atoms with Crippen LogP contribution in [0.4, 0.5) is 4.79 Å². The van der Waals surface area contributed by atoms with E-state index < -0.39 is 17.0 Å². The van der Waals surface area contributed by atoms with Crippen LogP contribution in [0.15, 0.2) is 53.6 Å². The maximum atomic E-state index is 14.4. The summed E-state index contributed by atoms with van der Waals surface area (Å²) < 4.78 is 5.70. The molecule has 6 nitrogen and oxygen atoms in total. The highest BCUT2D eigenvalue weighted by Gasteiger charge is 2.64. The largest absolute Gasteiger partial charge is 0.445 e. The van der Waals surface area contributed by atoms with Crippen molar-refractivity contribution in [1.82, 2.24) is 5.32 Å². The number of nitrogens with zero attached hydrogens (tertiary/aromatic N) is 1. The minimum absolute atomic E-state index is 0.0222. The van der Waals surface area contributed by atoms with Crippen molar-refractivity contribution in [2.75, 3.05) is 0 Å². The van der Waals surface area contributed by atoms with Crippen LogP contribution in [0.3, 0.4) is 0 Å². The van der Waals surface area contributed by atoms with E-state index in [1.807, 2.05) is 49.4 Å². The summed E-state index contributed by atoms with van der Waals surface area (Å²) in [6, 6.07) is 11.9. The molecule has 0 bridgehead atoms. The van der Waals surface area contributed by atoms with Gasteiger partial charge in [-0.15, -0.1) is 0 Å². The lowest BCUT2D eigenvalue weighted by molar-refractivity contribution is -0.139. The summed E-state index contributed by atoms with van der Waals surface area (Å²) in [6.45, 7) is 11.2. The number of nitriles is 1. The number of ether oxygens (including phenoxy) is 1. The molecule has 6 rings (SSSR count). The first kappa shape index (κ1) is 28.9. The lowest BCUT2D eigenvalue weighted by atomic mass is 9.40. The Bertz CT molecular complexity index is 1420. The molecule has 1 aromatic carbocycles. The zero-order valence-electron chi connectivity index (χ0n) is 25.7. The lowest BCUT2D eigenvalue weighted by Crippen LogP contribution is -2.66.